The van der Waals surface area contributed by atoms with E-state index in [4.69, 9.17) is 4.74 Å². The molecule has 1 aliphatic rings. The standard InChI is InChI=1S/C26H33N3O2/c1-16-13-21(14-17(2)27-16)20-7-8-22-18(3)24(28-23(22)15-20)19-9-11-29(12-10-19)25(30)31-26(4,5)6/h7-8,13-15,19,28H,9-12H2,1-6H3. The maximum absolute atomic E-state index is 12.4. The maximum Gasteiger partial charge on any atom is 0.410 e. The summed E-state index contributed by atoms with van der Waals surface area (Å²) in [5.41, 5.74) is 7.82. The molecule has 0 spiro atoms. The van der Waals surface area contributed by atoms with E-state index in [0.717, 1.165) is 37.3 Å². The molecule has 3 heterocycles. The number of aromatic nitrogens is 2. The number of amides is 1. The molecule has 5 heteroatoms. The number of rotatable bonds is 2. The average molecular weight is 420 g/mol. The van der Waals surface area contributed by atoms with Crippen LogP contribution in [-0.4, -0.2) is 39.7 Å². The van der Waals surface area contributed by atoms with Crippen LogP contribution in [0.4, 0.5) is 4.79 Å². The molecule has 0 radical (unpaired) electrons. The van der Waals surface area contributed by atoms with Gasteiger partial charge in [0.25, 0.3) is 0 Å². The monoisotopic (exact) mass is 419 g/mol. The van der Waals surface area contributed by atoms with E-state index in [9.17, 15) is 4.79 Å². The second-order valence-electron chi connectivity index (χ2n) is 9.80. The molecule has 1 aliphatic heterocycles. The minimum absolute atomic E-state index is 0.202. The molecule has 0 aliphatic carbocycles. The smallest absolute Gasteiger partial charge is 0.410 e. The molecule has 1 saturated heterocycles. The summed E-state index contributed by atoms with van der Waals surface area (Å²) in [6.45, 7) is 13.5. The quantitative estimate of drug-likeness (QED) is 0.532. The van der Waals surface area contributed by atoms with Crippen molar-refractivity contribution >= 4 is 17.0 Å². The molecule has 3 aromatic rings. The van der Waals surface area contributed by atoms with Gasteiger partial charge in [0.2, 0.25) is 0 Å². The van der Waals surface area contributed by atoms with Crippen molar-refractivity contribution in [1.29, 1.82) is 0 Å². The van der Waals surface area contributed by atoms with Crippen molar-refractivity contribution < 1.29 is 9.53 Å². The Hall–Kier alpha value is -2.82. The fourth-order valence-electron chi connectivity index (χ4n) is 4.62. The van der Waals surface area contributed by atoms with Crippen LogP contribution in [0.1, 0.15) is 62.2 Å². The van der Waals surface area contributed by atoms with Crippen molar-refractivity contribution in [2.45, 2.75) is 65.9 Å². The topological polar surface area (TPSA) is 58.2 Å². The highest BCUT2D eigenvalue weighted by Gasteiger charge is 2.29. The average Bonchev–Trinajstić information content (AvgIpc) is 3.02. The Kier molecular flexibility index (Phi) is 5.54. The number of hydrogen-bond donors (Lipinski definition) is 1. The minimum atomic E-state index is -0.453. The third-order valence-corrected chi connectivity index (χ3v) is 6.07. The number of nitrogens with one attached hydrogen (secondary N) is 1. The van der Waals surface area contributed by atoms with Crippen LogP contribution in [0.15, 0.2) is 30.3 Å². The molecule has 0 atom stereocenters. The maximum atomic E-state index is 12.4. The fourth-order valence-corrected chi connectivity index (χ4v) is 4.62. The lowest BCUT2D eigenvalue weighted by Crippen LogP contribution is -2.41. The van der Waals surface area contributed by atoms with Crippen LogP contribution in [0.25, 0.3) is 22.0 Å². The van der Waals surface area contributed by atoms with Crippen LogP contribution >= 0.6 is 0 Å². The lowest BCUT2D eigenvalue weighted by Gasteiger charge is -2.33. The van der Waals surface area contributed by atoms with Crippen LogP contribution in [0, 0.1) is 20.8 Å². The summed E-state index contributed by atoms with van der Waals surface area (Å²) in [4.78, 5) is 22.4. The van der Waals surface area contributed by atoms with Crippen LogP contribution in [-0.2, 0) is 4.74 Å². The van der Waals surface area contributed by atoms with Gasteiger partial charge in [0.05, 0.1) is 0 Å². The van der Waals surface area contributed by atoms with E-state index in [0.29, 0.717) is 5.92 Å². The summed E-state index contributed by atoms with van der Waals surface area (Å²) in [5, 5.41) is 1.27. The number of hydrogen-bond acceptors (Lipinski definition) is 3. The molecular weight excluding hydrogens is 386 g/mol. The lowest BCUT2D eigenvalue weighted by atomic mass is 9.91. The number of pyridine rings is 1. The largest absolute Gasteiger partial charge is 0.444 e. The van der Waals surface area contributed by atoms with E-state index in [2.05, 4.69) is 47.2 Å². The second kappa shape index (κ2) is 8.03. The second-order valence-corrected chi connectivity index (χ2v) is 9.80. The number of aryl methyl sites for hydroxylation is 3. The molecule has 1 N–H and O–H groups in total. The van der Waals surface area contributed by atoms with Gasteiger partial charge in [-0.25, -0.2) is 4.79 Å². The molecule has 1 amide bonds. The lowest BCUT2D eigenvalue weighted by molar-refractivity contribution is 0.0204. The van der Waals surface area contributed by atoms with E-state index in [1.165, 1.54) is 33.3 Å². The first-order valence-corrected chi connectivity index (χ1v) is 11.2. The predicted molar refractivity (Wildman–Crippen MR) is 126 cm³/mol. The number of piperidine rings is 1. The van der Waals surface area contributed by atoms with Crippen molar-refractivity contribution in [2.24, 2.45) is 0 Å². The summed E-state index contributed by atoms with van der Waals surface area (Å²) in [6, 6.07) is 10.9. The number of nitrogens with zero attached hydrogens (tertiary/aromatic N) is 2. The molecular formula is C26H33N3O2. The Bertz CT molecular complexity index is 1100. The Labute approximate surface area is 184 Å². The molecule has 164 valence electrons. The number of H-pyrrole nitrogens is 1. The molecule has 0 bridgehead atoms. The van der Waals surface area contributed by atoms with Crippen molar-refractivity contribution in [1.82, 2.24) is 14.9 Å². The molecule has 1 aromatic carbocycles. The Balaban J connectivity index is 1.54. The third kappa shape index (κ3) is 4.60. The van der Waals surface area contributed by atoms with Crippen molar-refractivity contribution in [3.63, 3.8) is 0 Å². The molecule has 0 saturated carbocycles. The number of likely N-dealkylation sites (tertiary alicyclic amines) is 1. The molecule has 2 aromatic heterocycles. The summed E-state index contributed by atoms with van der Waals surface area (Å²) in [5.74, 6) is 0.431. The van der Waals surface area contributed by atoms with Gasteiger partial charge >= 0.3 is 6.09 Å². The van der Waals surface area contributed by atoms with Crippen molar-refractivity contribution in [3.8, 4) is 11.1 Å². The number of benzene rings is 1. The molecule has 5 nitrogen and oxygen atoms in total. The zero-order valence-electron chi connectivity index (χ0n) is 19.5. The van der Waals surface area contributed by atoms with E-state index in [-0.39, 0.29) is 6.09 Å². The van der Waals surface area contributed by atoms with Crippen molar-refractivity contribution in [3.05, 3.63) is 53.0 Å². The summed E-state index contributed by atoms with van der Waals surface area (Å²) in [7, 11) is 0. The number of fused-ring (bicyclic) bond motifs is 1. The summed E-state index contributed by atoms with van der Waals surface area (Å²) in [6.07, 6.45) is 1.69. The highest BCUT2D eigenvalue weighted by Crippen LogP contribution is 2.35. The number of ether oxygens (including phenoxy) is 1. The third-order valence-electron chi connectivity index (χ3n) is 6.07. The van der Waals surface area contributed by atoms with Gasteiger partial charge in [0.15, 0.2) is 0 Å². The first-order valence-electron chi connectivity index (χ1n) is 11.2. The van der Waals surface area contributed by atoms with E-state index < -0.39 is 5.60 Å². The highest BCUT2D eigenvalue weighted by molar-refractivity contribution is 5.88. The fraction of sp³-hybridized carbons (Fsp3) is 0.462. The molecule has 1 fully saturated rings. The van der Waals surface area contributed by atoms with Gasteiger partial charge in [0, 0.05) is 47.0 Å². The van der Waals surface area contributed by atoms with Gasteiger partial charge in [-0.15, -0.1) is 0 Å². The Morgan fingerprint density at radius 2 is 1.68 bits per heavy atom. The first kappa shape index (κ1) is 21.4. The van der Waals surface area contributed by atoms with Crippen LogP contribution in [0.2, 0.25) is 0 Å². The predicted octanol–water partition coefficient (Wildman–Crippen LogP) is 6.27. The van der Waals surface area contributed by atoms with E-state index >= 15 is 0 Å². The van der Waals surface area contributed by atoms with Gasteiger partial charge in [-0.3, -0.25) is 4.98 Å². The SMILES string of the molecule is Cc1cc(-c2ccc3c(C)c(C4CCN(C(=O)OC(C)(C)C)CC4)[nH]c3c2)cc(C)n1. The molecule has 4 rings (SSSR count). The van der Waals surface area contributed by atoms with Gasteiger partial charge in [-0.1, -0.05) is 12.1 Å². The van der Waals surface area contributed by atoms with Crippen molar-refractivity contribution in [2.75, 3.05) is 13.1 Å². The number of carbonyl (C=O) groups is 1. The van der Waals surface area contributed by atoms with Gasteiger partial charge in [-0.2, -0.15) is 0 Å². The molecule has 31 heavy (non-hydrogen) atoms. The van der Waals surface area contributed by atoms with Gasteiger partial charge in [0.1, 0.15) is 5.60 Å². The van der Waals surface area contributed by atoms with E-state index in [1.54, 1.807) is 0 Å². The van der Waals surface area contributed by atoms with Gasteiger partial charge < -0.3 is 14.6 Å². The Morgan fingerprint density at radius 3 is 2.29 bits per heavy atom. The van der Waals surface area contributed by atoms with E-state index in [1.807, 2.05) is 39.5 Å². The summed E-state index contributed by atoms with van der Waals surface area (Å²) < 4.78 is 5.54. The zero-order valence-corrected chi connectivity index (χ0v) is 19.5. The zero-order chi connectivity index (χ0) is 22.3. The minimum Gasteiger partial charge on any atom is -0.444 e. The first-order chi connectivity index (χ1) is 14.6. The number of aromatic amines is 1. The van der Waals surface area contributed by atoms with Crippen LogP contribution in [0.3, 0.4) is 0 Å². The molecule has 0 unspecified atom stereocenters. The highest BCUT2D eigenvalue weighted by atomic mass is 16.6. The Morgan fingerprint density at radius 1 is 1.03 bits per heavy atom. The number of carbonyl (C=O) groups excluding carboxylic acids is 1. The normalized spacial score (nSPS) is 15.5. The van der Waals surface area contributed by atoms with Gasteiger partial charge in [-0.05, 0) is 89.3 Å². The van der Waals surface area contributed by atoms with Crippen LogP contribution < -0.4 is 0 Å². The summed E-state index contributed by atoms with van der Waals surface area (Å²) >= 11 is 0. The van der Waals surface area contributed by atoms with Crippen LogP contribution in [0.5, 0.6) is 0 Å².